The fourth-order valence-corrected chi connectivity index (χ4v) is 2.83. The molecule has 1 atom stereocenters. The van der Waals surface area contributed by atoms with Gasteiger partial charge in [-0.3, -0.25) is 4.79 Å². The highest BCUT2D eigenvalue weighted by molar-refractivity contribution is 5.92. The van der Waals surface area contributed by atoms with Gasteiger partial charge in [0.05, 0.1) is 0 Å². The number of benzene rings is 2. The van der Waals surface area contributed by atoms with Crippen molar-refractivity contribution < 1.29 is 28.8 Å². The number of aliphatic hydroxyl groups is 1. The molecule has 0 aliphatic carbocycles. The Bertz CT molecular complexity index is 853. The van der Waals surface area contributed by atoms with E-state index < -0.39 is 12.0 Å². The summed E-state index contributed by atoms with van der Waals surface area (Å²) in [6.45, 7) is 5.88. The molecule has 0 spiro atoms. The second-order valence-corrected chi connectivity index (χ2v) is 7.67. The Morgan fingerprint density at radius 3 is 2.63 bits per heavy atom. The van der Waals surface area contributed by atoms with Crippen LogP contribution in [0.25, 0.3) is 0 Å². The van der Waals surface area contributed by atoms with Crippen LogP contribution in [0.4, 0.5) is 0 Å². The normalized spacial score (nSPS) is 15.3. The maximum Gasteiger partial charge on any atom is 0.248 e. The third kappa shape index (κ3) is 6.27. The fraction of sp³-hybridized carbons (Fsp3) is 0.409. The largest absolute Gasteiger partial charge is 0.492 e. The smallest absolute Gasteiger partial charge is 0.248 e. The summed E-state index contributed by atoms with van der Waals surface area (Å²) >= 11 is 0. The number of aliphatic hydroxyl groups excluding tert-OH is 1. The Balaban J connectivity index is 1.32. The van der Waals surface area contributed by atoms with E-state index in [1.165, 1.54) is 0 Å². The van der Waals surface area contributed by atoms with Crippen molar-refractivity contribution in [3.8, 4) is 23.0 Å². The maximum atomic E-state index is 11.0. The lowest BCUT2D eigenvalue weighted by Crippen LogP contribution is -2.38. The molecule has 4 N–H and O–H groups in total. The molecule has 0 saturated carbocycles. The summed E-state index contributed by atoms with van der Waals surface area (Å²) in [7, 11) is 0. The van der Waals surface area contributed by atoms with Gasteiger partial charge in [-0.05, 0) is 50.2 Å². The standard InChI is InChI=1S/C22H28N2O6/c1-22(2)14-29-20-11-18(7-8-19(20)30-22)28-13-16(25)12-24-9-10-27-17-5-3-15(4-6-17)21(23)26/h3-8,11,16,24-25H,9-10,12-14H2,1-2H3,(H2,23,26)/t16-/m0/s1. The third-order valence-electron chi connectivity index (χ3n) is 4.39. The zero-order chi connectivity index (χ0) is 21.6. The second kappa shape index (κ2) is 9.69. The Morgan fingerprint density at radius 1 is 1.17 bits per heavy atom. The zero-order valence-electron chi connectivity index (χ0n) is 17.2. The first kappa shape index (κ1) is 21.7. The predicted molar refractivity (Wildman–Crippen MR) is 111 cm³/mol. The summed E-state index contributed by atoms with van der Waals surface area (Å²) in [5.74, 6) is 2.11. The van der Waals surface area contributed by atoms with Crippen LogP contribution < -0.4 is 30.0 Å². The number of carbonyl (C=O) groups is 1. The van der Waals surface area contributed by atoms with Gasteiger partial charge in [0.25, 0.3) is 0 Å². The van der Waals surface area contributed by atoms with Gasteiger partial charge < -0.3 is 35.1 Å². The van der Waals surface area contributed by atoms with E-state index >= 15 is 0 Å². The molecule has 0 saturated heterocycles. The van der Waals surface area contributed by atoms with E-state index in [1.807, 2.05) is 19.9 Å². The predicted octanol–water partition coefficient (Wildman–Crippen LogP) is 1.74. The lowest BCUT2D eigenvalue weighted by atomic mass is 10.1. The van der Waals surface area contributed by atoms with Crippen molar-refractivity contribution in [1.29, 1.82) is 0 Å². The molecule has 0 aromatic heterocycles. The van der Waals surface area contributed by atoms with Gasteiger partial charge in [-0.2, -0.15) is 0 Å². The Morgan fingerprint density at radius 2 is 1.90 bits per heavy atom. The monoisotopic (exact) mass is 416 g/mol. The Kier molecular flexibility index (Phi) is 7.02. The summed E-state index contributed by atoms with van der Waals surface area (Å²) in [5, 5.41) is 13.2. The van der Waals surface area contributed by atoms with Crippen molar-refractivity contribution in [2.24, 2.45) is 5.73 Å². The average Bonchev–Trinajstić information content (AvgIpc) is 2.71. The van der Waals surface area contributed by atoms with Crippen LogP contribution >= 0.6 is 0 Å². The number of primary amides is 1. The van der Waals surface area contributed by atoms with Crippen molar-refractivity contribution in [2.75, 3.05) is 32.9 Å². The summed E-state index contributed by atoms with van der Waals surface area (Å²) < 4.78 is 22.8. The highest BCUT2D eigenvalue weighted by Crippen LogP contribution is 2.37. The summed E-state index contributed by atoms with van der Waals surface area (Å²) in [6, 6.07) is 12.0. The topological polar surface area (TPSA) is 112 Å². The second-order valence-electron chi connectivity index (χ2n) is 7.67. The number of hydrogen-bond donors (Lipinski definition) is 3. The third-order valence-corrected chi connectivity index (χ3v) is 4.39. The first-order valence-electron chi connectivity index (χ1n) is 9.82. The number of carbonyl (C=O) groups excluding carboxylic acids is 1. The minimum absolute atomic E-state index is 0.146. The molecular formula is C22H28N2O6. The van der Waals surface area contributed by atoms with E-state index in [4.69, 9.17) is 24.7 Å². The molecule has 1 aliphatic rings. The highest BCUT2D eigenvalue weighted by Gasteiger charge is 2.28. The molecule has 1 heterocycles. The van der Waals surface area contributed by atoms with Crippen LogP contribution in [0, 0.1) is 0 Å². The molecule has 0 fully saturated rings. The average molecular weight is 416 g/mol. The van der Waals surface area contributed by atoms with E-state index in [1.54, 1.807) is 36.4 Å². The number of fused-ring (bicyclic) bond motifs is 1. The van der Waals surface area contributed by atoms with Gasteiger partial charge in [0.15, 0.2) is 11.5 Å². The summed E-state index contributed by atoms with van der Waals surface area (Å²) in [6.07, 6.45) is -0.674. The van der Waals surface area contributed by atoms with Crippen LogP contribution in [0.5, 0.6) is 23.0 Å². The van der Waals surface area contributed by atoms with E-state index in [-0.39, 0.29) is 12.2 Å². The molecule has 2 aromatic carbocycles. The number of hydrogen-bond acceptors (Lipinski definition) is 7. The molecule has 0 radical (unpaired) electrons. The van der Waals surface area contributed by atoms with Gasteiger partial charge in [-0.15, -0.1) is 0 Å². The van der Waals surface area contributed by atoms with Crippen LogP contribution in [-0.2, 0) is 0 Å². The van der Waals surface area contributed by atoms with E-state index in [2.05, 4.69) is 5.32 Å². The molecule has 1 aliphatic heterocycles. The first-order chi connectivity index (χ1) is 14.3. The van der Waals surface area contributed by atoms with Crippen LogP contribution in [0.2, 0.25) is 0 Å². The van der Waals surface area contributed by atoms with E-state index in [0.29, 0.717) is 54.9 Å². The van der Waals surface area contributed by atoms with Crippen LogP contribution in [0.3, 0.4) is 0 Å². The maximum absolute atomic E-state index is 11.0. The lowest BCUT2D eigenvalue weighted by molar-refractivity contribution is 0.0209. The van der Waals surface area contributed by atoms with Crippen molar-refractivity contribution >= 4 is 5.91 Å². The highest BCUT2D eigenvalue weighted by atomic mass is 16.6. The van der Waals surface area contributed by atoms with Gasteiger partial charge in [-0.25, -0.2) is 0 Å². The van der Waals surface area contributed by atoms with Gasteiger partial charge in [0.1, 0.15) is 43.0 Å². The summed E-state index contributed by atoms with van der Waals surface area (Å²) in [5.41, 5.74) is 5.28. The van der Waals surface area contributed by atoms with Crippen LogP contribution in [0.1, 0.15) is 24.2 Å². The van der Waals surface area contributed by atoms with Crippen LogP contribution in [0.15, 0.2) is 42.5 Å². The SMILES string of the molecule is CC1(C)COc2cc(OC[C@@H](O)CNCCOc3ccc(C(N)=O)cc3)ccc2O1. The molecule has 162 valence electrons. The fourth-order valence-electron chi connectivity index (χ4n) is 2.83. The van der Waals surface area contributed by atoms with Gasteiger partial charge in [0, 0.05) is 24.7 Å². The number of nitrogens with one attached hydrogen (secondary N) is 1. The van der Waals surface area contributed by atoms with Crippen LogP contribution in [-0.4, -0.2) is 55.6 Å². The van der Waals surface area contributed by atoms with Gasteiger partial charge in [-0.1, -0.05) is 0 Å². The number of ether oxygens (including phenoxy) is 4. The van der Waals surface area contributed by atoms with Crippen molar-refractivity contribution in [3.05, 3.63) is 48.0 Å². The molecule has 8 heteroatoms. The number of rotatable bonds is 10. The molecule has 1 amide bonds. The van der Waals surface area contributed by atoms with Gasteiger partial charge in [0.2, 0.25) is 5.91 Å². The lowest BCUT2D eigenvalue weighted by Gasteiger charge is -2.32. The molecule has 3 rings (SSSR count). The molecule has 30 heavy (non-hydrogen) atoms. The molecular weight excluding hydrogens is 388 g/mol. The molecule has 8 nitrogen and oxygen atoms in total. The number of nitrogens with two attached hydrogens (primary N) is 1. The van der Waals surface area contributed by atoms with E-state index in [0.717, 1.165) is 0 Å². The van der Waals surface area contributed by atoms with E-state index in [9.17, 15) is 9.90 Å². The van der Waals surface area contributed by atoms with Crippen molar-refractivity contribution in [1.82, 2.24) is 5.32 Å². The van der Waals surface area contributed by atoms with Crippen molar-refractivity contribution in [2.45, 2.75) is 25.6 Å². The first-order valence-corrected chi connectivity index (χ1v) is 9.82. The number of amides is 1. The minimum Gasteiger partial charge on any atom is -0.492 e. The minimum atomic E-state index is -0.674. The quantitative estimate of drug-likeness (QED) is 0.506. The Hall–Kier alpha value is -2.97. The molecule has 0 unspecified atom stereocenters. The molecule has 0 bridgehead atoms. The van der Waals surface area contributed by atoms with Crippen molar-refractivity contribution in [3.63, 3.8) is 0 Å². The summed E-state index contributed by atoms with van der Waals surface area (Å²) in [4.78, 5) is 11.0. The van der Waals surface area contributed by atoms with Gasteiger partial charge >= 0.3 is 0 Å². The zero-order valence-corrected chi connectivity index (χ0v) is 17.2. The Labute approximate surface area is 175 Å². The molecule has 2 aromatic rings.